The highest BCUT2D eigenvalue weighted by molar-refractivity contribution is 7.89. The molecule has 1 saturated heterocycles. The molecule has 8 nitrogen and oxygen atoms in total. The van der Waals surface area contributed by atoms with Gasteiger partial charge in [0.1, 0.15) is 0 Å². The molecule has 0 unspecified atom stereocenters. The van der Waals surface area contributed by atoms with Gasteiger partial charge in [0.05, 0.1) is 4.90 Å². The molecule has 0 aromatic heterocycles. The van der Waals surface area contributed by atoms with Gasteiger partial charge in [-0.2, -0.15) is 4.31 Å². The predicted molar refractivity (Wildman–Crippen MR) is 125 cm³/mol. The standard InChI is InChI=1S/C23H26N4O4S/c1-25(2)21-7-3-6-20-19(21)5-4-8-22(20)32(30,31)27-15-13-26(14-16-27)18-11-9-17(10-12-18)23(28)24-29/h3-12,29H,13-16H2,1-2H3,(H,24,28). The third kappa shape index (κ3) is 4.02. The molecular weight excluding hydrogens is 428 g/mol. The normalized spacial score (nSPS) is 15.0. The van der Waals surface area contributed by atoms with Crippen molar-refractivity contribution in [2.45, 2.75) is 4.90 Å². The highest BCUT2D eigenvalue weighted by Gasteiger charge is 2.30. The van der Waals surface area contributed by atoms with Crippen LogP contribution in [0.1, 0.15) is 10.4 Å². The van der Waals surface area contributed by atoms with E-state index in [0.29, 0.717) is 36.6 Å². The molecule has 3 aromatic carbocycles. The minimum Gasteiger partial charge on any atom is -0.377 e. The van der Waals surface area contributed by atoms with Crippen molar-refractivity contribution in [1.82, 2.24) is 9.79 Å². The molecule has 2 N–H and O–H groups in total. The van der Waals surface area contributed by atoms with Crippen LogP contribution in [0.15, 0.2) is 65.6 Å². The fourth-order valence-corrected chi connectivity index (χ4v) is 5.72. The Bertz CT molecular complexity index is 1230. The molecule has 9 heteroatoms. The molecule has 3 aromatic rings. The van der Waals surface area contributed by atoms with E-state index in [0.717, 1.165) is 22.1 Å². The molecule has 0 atom stereocenters. The van der Waals surface area contributed by atoms with Crippen LogP contribution >= 0.6 is 0 Å². The smallest absolute Gasteiger partial charge is 0.274 e. The van der Waals surface area contributed by atoms with Crippen LogP contribution in [-0.2, 0) is 10.0 Å². The van der Waals surface area contributed by atoms with Crippen molar-refractivity contribution < 1.29 is 18.4 Å². The zero-order valence-corrected chi connectivity index (χ0v) is 18.8. The number of amides is 1. The van der Waals surface area contributed by atoms with Gasteiger partial charge in [-0.15, -0.1) is 0 Å². The van der Waals surface area contributed by atoms with Crippen LogP contribution in [0.4, 0.5) is 11.4 Å². The summed E-state index contributed by atoms with van der Waals surface area (Å²) in [7, 11) is 0.234. The fourth-order valence-electron chi connectivity index (χ4n) is 4.09. The summed E-state index contributed by atoms with van der Waals surface area (Å²) in [5, 5.41) is 10.4. The van der Waals surface area contributed by atoms with Crippen molar-refractivity contribution in [3.63, 3.8) is 0 Å². The van der Waals surface area contributed by atoms with Crippen molar-refractivity contribution in [2.75, 3.05) is 50.1 Å². The lowest BCUT2D eigenvalue weighted by atomic mass is 10.1. The van der Waals surface area contributed by atoms with Gasteiger partial charge in [0.2, 0.25) is 10.0 Å². The monoisotopic (exact) mass is 454 g/mol. The van der Waals surface area contributed by atoms with Crippen molar-refractivity contribution in [2.24, 2.45) is 0 Å². The second-order valence-corrected chi connectivity index (χ2v) is 9.81. The number of sulfonamides is 1. The number of hydrogen-bond donors (Lipinski definition) is 2. The third-order valence-corrected chi connectivity index (χ3v) is 7.75. The number of hydroxylamine groups is 1. The maximum Gasteiger partial charge on any atom is 0.274 e. The Morgan fingerprint density at radius 3 is 2.16 bits per heavy atom. The lowest BCUT2D eigenvalue weighted by Gasteiger charge is -2.35. The highest BCUT2D eigenvalue weighted by Crippen LogP contribution is 2.32. The Balaban J connectivity index is 1.55. The number of anilines is 2. The maximum atomic E-state index is 13.5. The number of carbonyl (C=O) groups is 1. The first kappa shape index (κ1) is 22.1. The molecule has 1 amide bonds. The van der Waals surface area contributed by atoms with E-state index in [1.165, 1.54) is 4.31 Å². The van der Waals surface area contributed by atoms with Gasteiger partial charge in [0.25, 0.3) is 5.91 Å². The van der Waals surface area contributed by atoms with E-state index < -0.39 is 15.9 Å². The zero-order valence-electron chi connectivity index (χ0n) is 18.0. The fraction of sp³-hybridized carbons (Fsp3) is 0.261. The number of piperazine rings is 1. The molecule has 0 bridgehead atoms. The number of benzene rings is 3. The van der Waals surface area contributed by atoms with Gasteiger partial charge < -0.3 is 9.80 Å². The molecule has 1 aliphatic rings. The number of carbonyl (C=O) groups excluding carboxylic acids is 1. The molecular formula is C23H26N4O4S. The minimum atomic E-state index is -3.65. The van der Waals surface area contributed by atoms with Crippen LogP contribution in [-0.4, -0.2) is 64.1 Å². The van der Waals surface area contributed by atoms with E-state index in [2.05, 4.69) is 4.90 Å². The second-order valence-electron chi connectivity index (χ2n) is 7.90. The van der Waals surface area contributed by atoms with Crippen molar-refractivity contribution in [1.29, 1.82) is 0 Å². The quantitative estimate of drug-likeness (QED) is 0.455. The second kappa shape index (κ2) is 8.78. The molecule has 4 rings (SSSR count). The summed E-state index contributed by atoms with van der Waals surface area (Å²) >= 11 is 0. The van der Waals surface area contributed by atoms with Crippen LogP contribution in [0.5, 0.6) is 0 Å². The topological polar surface area (TPSA) is 93.2 Å². The summed E-state index contributed by atoms with van der Waals surface area (Å²) in [5.74, 6) is -0.569. The Morgan fingerprint density at radius 1 is 0.906 bits per heavy atom. The largest absolute Gasteiger partial charge is 0.377 e. The summed E-state index contributed by atoms with van der Waals surface area (Å²) in [6.45, 7) is 1.81. The van der Waals surface area contributed by atoms with E-state index in [4.69, 9.17) is 5.21 Å². The van der Waals surface area contributed by atoms with Gasteiger partial charge >= 0.3 is 0 Å². The van der Waals surface area contributed by atoms with E-state index >= 15 is 0 Å². The minimum absolute atomic E-state index is 0.325. The molecule has 168 valence electrons. The van der Waals surface area contributed by atoms with E-state index in [1.54, 1.807) is 41.9 Å². The number of nitrogens with zero attached hydrogens (tertiary/aromatic N) is 3. The van der Waals surface area contributed by atoms with Crippen molar-refractivity contribution in [3.8, 4) is 0 Å². The lowest BCUT2D eigenvalue weighted by Crippen LogP contribution is -2.48. The Kier molecular flexibility index (Phi) is 6.05. The first-order valence-electron chi connectivity index (χ1n) is 10.3. The molecule has 32 heavy (non-hydrogen) atoms. The van der Waals surface area contributed by atoms with Crippen LogP contribution in [0.25, 0.3) is 10.8 Å². The van der Waals surface area contributed by atoms with Gasteiger partial charge in [-0.3, -0.25) is 10.0 Å². The van der Waals surface area contributed by atoms with Gasteiger partial charge in [0.15, 0.2) is 0 Å². The number of fused-ring (bicyclic) bond motifs is 1. The molecule has 1 aliphatic heterocycles. The maximum absolute atomic E-state index is 13.5. The summed E-state index contributed by atoms with van der Waals surface area (Å²) in [4.78, 5) is 15.9. The first-order valence-corrected chi connectivity index (χ1v) is 11.8. The van der Waals surface area contributed by atoms with Crippen molar-refractivity contribution >= 4 is 38.1 Å². The summed E-state index contributed by atoms with van der Waals surface area (Å²) in [6, 6.07) is 18.0. The highest BCUT2D eigenvalue weighted by atomic mass is 32.2. The SMILES string of the molecule is CN(C)c1cccc2c(S(=O)(=O)N3CCN(c4ccc(C(=O)NO)cc4)CC3)cccc12. The van der Waals surface area contributed by atoms with Crippen LogP contribution < -0.4 is 15.3 Å². The first-order chi connectivity index (χ1) is 15.3. The Hall–Kier alpha value is -3.14. The average Bonchev–Trinajstić information content (AvgIpc) is 2.82. The Labute approximate surface area is 187 Å². The third-order valence-electron chi connectivity index (χ3n) is 5.79. The van der Waals surface area contributed by atoms with Gasteiger partial charge in [-0.05, 0) is 36.4 Å². The summed E-state index contributed by atoms with van der Waals surface area (Å²) in [6.07, 6.45) is 0. The molecule has 0 radical (unpaired) electrons. The molecule has 1 fully saturated rings. The number of rotatable bonds is 5. The number of hydrogen-bond acceptors (Lipinski definition) is 6. The Morgan fingerprint density at radius 2 is 1.53 bits per heavy atom. The predicted octanol–water partition coefficient (Wildman–Crippen LogP) is 2.54. The molecule has 1 heterocycles. The van der Waals surface area contributed by atoms with Gasteiger partial charge in [-0.1, -0.05) is 24.3 Å². The van der Waals surface area contributed by atoms with E-state index in [-0.39, 0.29) is 0 Å². The van der Waals surface area contributed by atoms with E-state index in [9.17, 15) is 13.2 Å². The average molecular weight is 455 g/mol. The number of nitrogens with one attached hydrogen (secondary N) is 1. The summed E-state index contributed by atoms with van der Waals surface area (Å²) in [5.41, 5.74) is 3.84. The molecule has 0 saturated carbocycles. The molecule has 0 spiro atoms. The zero-order chi connectivity index (χ0) is 22.9. The van der Waals surface area contributed by atoms with Crippen LogP contribution in [0.2, 0.25) is 0 Å². The van der Waals surface area contributed by atoms with Crippen LogP contribution in [0.3, 0.4) is 0 Å². The lowest BCUT2D eigenvalue weighted by molar-refractivity contribution is 0.0706. The van der Waals surface area contributed by atoms with Gasteiger partial charge in [-0.25, -0.2) is 13.9 Å². The van der Waals surface area contributed by atoms with Gasteiger partial charge in [0, 0.05) is 68.0 Å². The van der Waals surface area contributed by atoms with E-state index in [1.807, 2.05) is 43.3 Å². The van der Waals surface area contributed by atoms with Crippen molar-refractivity contribution in [3.05, 3.63) is 66.2 Å². The molecule has 0 aliphatic carbocycles. The van der Waals surface area contributed by atoms with Crippen LogP contribution in [0, 0.1) is 0 Å². The summed E-state index contributed by atoms with van der Waals surface area (Å²) < 4.78 is 28.5.